The molecule has 2 N–H and O–H groups in total. The van der Waals surface area contributed by atoms with E-state index in [1.807, 2.05) is 24.3 Å². The van der Waals surface area contributed by atoms with Gasteiger partial charge >= 0.3 is 51.4 Å². The average molecular weight is 197 g/mol. The van der Waals surface area contributed by atoms with Crippen LogP contribution < -0.4 is 57.1 Å². The fourth-order valence-electron chi connectivity index (χ4n) is 1.08. The van der Waals surface area contributed by atoms with Gasteiger partial charge in [-0.05, 0) is 0 Å². The van der Waals surface area contributed by atoms with Gasteiger partial charge in [0.2, 0.25) is 0 Å². The maximum Gasteiger partial charge on any atom is 1.00 e. The molecule has 13 heavy (non-hydrogen) atoms. The molecular formula is C10H10KN2-. The van der Waals surface area contributed by atoms with E-state index < -0.39 is 0 Å². The van der Waals surface area contributed by atoms with Gasteiger partial charge in [0.25, 0.3) is 0 Å². The van der Waals surface area contributed by atoms with Crippen LogP contribution in [0, 0.1) is 13.5 Å². The maximum atomic E-state index is 5.63. The van der Waals surface area contributed by atoms with Crippen molar-refractivity contribution in [2.45, 2.75) is 0 Å². The number of pyridine rings is 1. The first-order valence-electron chi connectivity index (χ1n) is 3.38. The van der Waals surface area contributed by atoms with Crippen molar-refractivity contribution in [2.75, 3.05) is 5.73 Å². The summed E-state index contributed by atoms with van der Waals surface area (Å²) >= 11 is 0. The zero-order valence-corrected chi connectivity index (χ0v) is 11.0. The molecule has 0 aliphatic carbocycles. The van der Waals surface area contributed by atoms with E-state index in [4.69, 9.17) is 5.73 Å². The number of nitrogens with zero attached hydrogens (tertiary/aromatic N) is 1. The molecule has 2 nitrogen and oxygen atoms in total. The second kappa shape index (κ2) is 5.72. The molecule has 1 aromatic carbocycles. The summed E-state index contributed by atoms with van der Waals surface area (Å²) in [5.41, 5.74) is 5.63. The summed E-state index contributed by atoms with van der Waals surface area (Å²) in [7, 11) is 0. The molecule has 2 rings (SSSR count). The molecular weight excluding hydrogens is 187 g/mol. The number of nitrogens with two attached hydrogens (primary N) is 1. The van der Waals surface area contributed by atoms with E-state index in [9.17, 15) is 0 Å². The number of benzene rings is 1. The molecule has 0 unspecified atom stereocenters. The van der Waals surface area contributed by atoms with Crippen LogP contribution in [0.25, 0.3) is 10.8 Å². The minimum atomic E-state index is 0. The molecule has 62 valence electrons. The molecule has 0 spiro atoms. The second-order valence-electron chi connectivity index (χ2n) is 2.34. The third kappa shape index (κ3) is 2.76. The van der Waals surface area contributed by atoms with Gasteiger partial charge in [0.1, 0.15) is 5.82 Å². The van der Waals surface area contributed by atoms with Gasteiger partial charge in [0.15, 0.2) is 0 Å². The summed E-state index contributed by atoms with van der Waals surface area (Å²) < 4.78 is 0. The van der Waals surface area contributed by atoms with E-state index in [1.54, 1.807) is 6.20 Å². The second-order valence-corrected chi connectivity index (χ2v) is 2.34. The van der Waals surface area contributed by atoms with Crippen molar-refractivity contribution in [3.8, 4) is 0 Å². The van der Waals surface area contributed by atoms with Crippen LogP contribution >= 0.6 is 0 Å². The number of hydrogen-bond acceptors (Lipinski definition) is 2. The zero-order valence-electron chi connectivity index (χ0n) is 7.91. The van der Waals surface area contributed by atoms with E-state index in [2.05, 4.69) is 11.1 Å². The number of fused-ring (bicyclic) bond motifs is 1. The number of hydrogen-bond donors (Lipinski definition) is 1. The molecule has 3 heteroatoms. The van der Waals surface area contributed by atoms with E-state index in [0.717, 1.165) is 10.8 Å². The largest absolute Gasteiger partial charge is 1.00 e. The van der Waals surface area contributed by atoms with Gasteiger partial charge in [-0.15, -0.1) is 5.39 Å². The zero-order chi connectivity index (χ0) is 7.68. The first kappa shape index (κ1) is 13.1. The van der Waals surface area contributed by atoms with Crippen molar-refractivity contribution in [3.05, 3.63) is 44.0 Å². The fraction of sp³-hybridized carbons (Fsp3) is 0. The summed E-state index contributed by atoms with van der Waals surface area (Å²) in [4.78, 5) is 3.97. The van der Waals surface area contributed by atoms with Crippen molar-refractivity contribution < 1.29 is 51.4 Å². The third-order valence-corrected chi connectivity index (χ3v) is 1.64. The molecule has 0 radical (unpaired) electrons. The standard InChI is InChI=1S/C9H7N2.CH3.K/c10-9-8-4-2-1-3-7(8)5-6-11-9;;/h2-6H,(H2,10,11);1H3;/q2*-1;+1. The van der Waals surface area contributed by atoms with Crippen molar-refractivity contribution >= 4 is 16.6 Å². The van der Waals surface area contributed by atoms with E-state index in [1.165, 1.54) is 0 Å². The van der Waals surface area contributed by atoms with Crippen LogP contribution in [-0.2, 0) is 0 Å². The Morgan fingerprint density at radius 2 is 2.08 bits per heavy atom. The third-order valence-electron chi connectivity index (χ3n) is 1.64. The Morgan fingerprint density at radius 1 is 1.31 bits per heavy atom. The molecule has 0 amide bonds. The topological polar surface area (TPSA) is 38.9 Å². The van der Waals surface area contributed by atoms with Crippen molar-refractivity contribution in [2.24, 2.45) is 0 Å². The van der Waals surface area contributed by atoms with Gasteiger partial charge < -0.3 is 13.2 Å². The molecule has 0 saturated heterocycles. The molecule has 0 aliphatic heterocycles. The van der Waals surface area contributed by atoms with Gasteiger partial charge in [-0.25, -0.2) is 4.98 Å². The Balaban J connectivity index is 0.000000720. The normalized spacial score (nSPS) is 8.62. The van der Waals surface area contributed by atoms with Crippen molar-refractivity contribution in [3.63, 3.8) is 0 Å². The Bertz CT molecular complexity index is 382. The Morgan fingerprint density at radius 3 is 2.77 bits per heavy atom. The van der Waals surface area contributed by atoms with Crippen LogP contribution in [-0.4, -0.2) is 4.98 Å². The summed E-state index contributed by atoms with van der Waals surface area (Å²) in [6.07, 6.45) is 1.70. The number of aromatic nitrogens is 1. The van der Waals surface area contributed by atoms with Crippen LogP contribution in [0.1, 0.15) is 0 Å². The predicted octanol–water partition coefficient (Wildman–Crippen LogP) is -0.929. The van der Waals surface area contributed by atoms with Gasteiger partial charge in [0, 0.05) is 6.20 Å². The number of nitrogen functional groups attached to an aromatic ring is 1. The molecule has 0 aliphatic rings. The average Bonchev–Trinajstić information content (AvgIpc) is 2.06. The van der Waals surface area contributed by atoms with Crippen LogP contribution in [0.5, 0.6) is 0 Å². The first-order chi connectivity index (χ1) is 5.38. The summed E-state index contributed by atoms with van der Waals surface area (Å²) in [6, 6.07) is 10.5. The Hall–Kier alpha value is 0.0664. The summed E-state index contributed by atoms with van der Waals surface area (Å²) in [6.45, 7) is 0. The van der Waals surface area contributed by atoms with Gasteiger partial charge in [-0.1, -0.05) is 11.5 Å². The number of rotatable bonds is 0. The van der Waals surface area contributed by atoms with E-state index in [-0.39, 0.29) is 58.8 Å². The molecule has 1 aromatic heterocycles. The van der Waals surface area contributed by atoms with Crippen LogP contribution in [0.3, 0.4) is 0 Å². The number of anilines is 1. The molecule has 1 heterocycles. The minimum absolute atomic E-state index is 0. The summed E-state index contributed by atoms with van der Waals surface area (Å²) in [5, 5.41) is 2.08. The Labute approximate surface area is 121 Å². The van der Waals surface area contributed by atoms with E-state index >= 15 is 0 Å². The van der Waals surface area contributed by atoms with Crippen LogP contribution in [0.4, 0.5) is 5.82 Å². The van der Waals surface area contributed by atoms with Gasteiger partial charge in [-0.3, -0.25) is 0 Å². The Kier molecular flexibility index (Phi) is 5.75. The maximum absolute atomic E-state index is 5.63. The quantitative estimate of drug-likeness (QED) is 0.438. The predicted molar refractivity (Wildman–Crippen MR) is 51.4 cm³/mol. The van der Waals surface area contributed by atoms with Crippen LogP contribution in [0.15, 0.2) is 30.5 Å². The smallest absolute Gasteiger partial charge is 0.385 e. The summed E-state index contributed by atoms with van der Waals surface area (Å²) in [5.74, 6) is 0.580. The fourth-order valence-corrected chi connectivity index (χ4v) is 1.08. The minimum Gasteiger partial charge on any atom is -0.385 e. The molecule has 0 bridgehead atoms. The molecule has 0 saturated carbocycles. The van der Waals surface area contributed by atoms with Crippen molar-refractivity contribution in [1.29, 1.82) is 0 Å². The monoisotopic (exact) mass is 197 g/mol. The molecule has 2 aromatic rings. The SMILES string of the molecule is Nc1nccc2c[c-]ccc12.[CH3-].[K+]. The molecule has 0 fully saturated rings. The van der Waals surface area contributed by atoms with Gasteiger partial charge in [-0.2, -0.15) is 24.3 Å². The van der Waals surface area contributed by atoms with Gasteiger partial charge in [0.05, 0.1) is 0 Å². The van der Waals surface area contributed by atoms with E-state index in [0.29, 0.717) is 5.82 Å². The van der Waals surface area contributed by atoms with Crippen LogP contribution in [0.2, 0.25) is 0 Å². The van der Waals surface area contributed by atoms with Crippen molar-refractivity contribution in [1.82, 2.24) is 4.98 Å². The molecule has 0 atom stereocenters. The first-order valence-corrected chi connectivity index (χ1v) is 3.38.